The van der Waals surface area contributed by atoms with Gasteiger partial charge in [0.1, 0.15) is 0 Å². The second-order valence-corrected chi connectivity index (χ2v) is 6.06. The van der Waals surface area contributed by atoms with Gasteiger partial charge in [0, 0.05) is 13.1 Å². The van der Waals surface area contributed by atoms with Gasteiger partial charge in [0.05, 0.1) is 19.2 Å². The van der Waals surface area contributed by atoms with E-state index in [1.54, 1.807) is 0 Å². The van der Waals surface area contributed by atoms with Crippen molar-refractivity contribution in [3.05, 3.63) is 35.4 Å². The number of aliphatic hydroxyl groups excluding tert-OH is 1. The molecule has 21 heavy (non-hydrogen) atoms. The van der Waals surface area contributed by atoms with Crippen LogP contribution in [0.4, 0.5) is 0 Å². The fraction of sp³-hybridized carbons (Fsp3) is 0.588. The number of rotatable bonds is 5. The van der Waals surface area contributed by atoms with Crippen molar-refractivity contribution < 1.29 is 9.90 Å². The van der Waals surface area contributed by atoms with Gasteiger partial charge in [-0.3, -0.25) is 9.69 Å². The normalized spacial score (nSPS) is 19.2. The van der Waals surface area contributed by atoms with Crippen molar-refractivity contribution in [2.75, 3.05) is 27.2 Å². The van der Waals surface area contributed by atoms with E-state index in [0.717, 1.165) is 19.3 Å². The van der Waals surface area contributed by atoms with Crippen molar-refractivity contribution in [2.24, 2.45) is 0 Å². The van der Waals surface area contributed by atoms with Crippen LogP contribution in [0.1, 0.15) is 36.9 Å². The van der Waals surface area contributed by atoms with Crippen LogP contribution in [0.2, 0.25) is 0 Å². The molecule has 1 N–H and O–H groups in total. The van der Waals surface area contributed by atoms with E-state index >= 15 is 0 Å². The first-order valence-corrected chi connectivity index (χ1v) is 7.69. The first kappa shape index (κ1) is 16.0. The molecule has 4 heteroatoms. The first-order valence-electron chi connectivity index (χ1n) is 7.69. The molecule has 0 aliphatic heterocycles. The van der Waals surface area contributed by atoms with Gasteiger partial charge in [-0.05, 0) is 44.4 Å². The minimum absolute atomic E-state index is 0.000919. The molecule has 0 radical (unpaired) electrons. The zero-order valence-electron chi connectivity index (χ0n) is 13.2. The van der Waals surface area contributed by atoms with Crippen molar-refractivity contribution in [3.8, 4) is 0 Å². The Kier molecular flexibility index (Phi) is 5.37. The number of likely N-dealkylation sites (N-methyl/N-ethyl adjacent to an activating group) is 2. The van der Waals surface area contributed by atoms with E-state index in [0.29, 0.717) is 6.54 Å². The van der Waals surface area contributed by atoms with Gasteiger partial charge in [-0.2, -0.15) is 0 Å². The highest BCUT2D eigenvalue weighted by Gasteiger charge is 2.27. The lowest BCUT2D eigenvalue weighted by molar-refractivity contribution is -0.133. The van der Waals surface area contributed by atoms with Crippen LogP contribution >= 0.6 is 0 Å². The van der Waals surface area contributed by atoms with Gasteiger partial charge < -0.3 is 10.0 Å². The van der Waals surface area contributed by atoms with E-state index in [9.17, 15) is 4.79 Å². The topological polar surface area (TPSA) is 43.8 Å². The van der Waals surface area contributed by atoms with Crippen molar-refractivity contribution >= 4 is 5.91 Å². The Morgan fingerprint density at radius 2 is 2.10 bits per heavy atom. The van der Waals surface area contributed by atoms with Crippen LogP contribution in [-0.2, 0) is 11.2 Å². The summed E-state index contributed by atoms with van der Waals surface area (Å²) >= 11 is 0. The SMILES string of the molecule is CC(CO)N(C)CC(=O)N(C)C1CCCc2ccccc21. The highest BCUT2D eigenvalue weighted by atomic mass is 16.3. The molecule has 1 aliphatic rings. The van der Waals surface area contributed by atoms with Crippen molar-refractivity contribution in [3.63, 3.8) is 0 Å². The Bertz CT molecular complexity index is 489. The van der Waals surface area contributed by atoms with Crippen LogP contribution in [0, 0.1) is 0 Å². The summed E-state index contributed by atoms with van der Waals surface area (Å²) in [5.41, 5.74) is 2.66. The molecule has 0 heterocycles. The number of benzene rings is 1. The summed E-state index contributed by atoms with van der Waals surface area (Å²) in [6, 6.07) is 8.61. The molecule has 4 nitrogen and oxygen atoms in total. The number of carbonyl (C=O) groups excluding carboxylic acids is 1. The Balaban J connectivity index is 2.07. The lowest BCUT2D eigenvalue weighted by Gasteiger charge is -2.34. The number of hydrogen-bond donors (Lipinski definition) is 1. The zero-order chi connectivity index (χ0) is 15.4. The van der Waals surface area contributed by atoms with Gasteiger partial charge in [-0.1, -0.05) is 24.3 Å². The van der Waals surface area contributed by atoms with E-state index in [4.69, 9.17) is 5.11 Å². The number of fused-ring (bicyclic) bond motifs is 1. The molecule has 2 rings (SSSR count). The van der Waals surface area contributed by atoms with E-state index < -0.39 is 0 Å². The minimum Gasteiger partial charge on any atom is -0.395 e. The predicted molar refractivity (Wildman–Crippen MR) is 84.1 cm³/mol. The fourth-order valence-corrected chi connectivity index (χ4v) is 2.92. The minimum atomic E-state index is 0.000919. The number of nitrogens with zero attached hydrogens (tertiary/aromatic N) is 2. The summed E-state index contributed by atoms with van der Waals surface area (Å²) < 4.78 is 0. The van der Waals surface area contributed by atoms with Crippen LogP contribution < -0.4 is 0 Å². The van der Waals surface area contributed by atoms with Crippen molar-refractivity contribution in [1.82, 2.24) is 9.80 Å². The Morgan fingerprint density at radius 1 is 1.38 bits per heavy atom. The number of aliphatic hydroxyl groups is 1. The second-order valence-electron chi connectivity index (χ2n) is 6.06. The molecule has 0 aromatic heterocycles. The lowest BCUT2D eigenvalue weighted by Crippen LogP contribution is -2.43. The van der Waals surface area contributed by atoms with E-state index in [1.165, 1.54) is 11.1 Å². The molecule has 1 aliphatic carbocycles. The first-order chi connectivity index (χ1) is 10.0. The summed E-state index contributed by atoms with van der Waals surface area (Å²) in [4.78, 5) is 16.3. The number of carbonyl (C=O) groups is 1. The van der Waals surface area contributed by atoms with E-state index in [-0.39, 0.29) is 24.6 Å². The molecule has 1 aromatic carbocycles. The molecule has 0 spiro atoms. The molecule has 0 saturated carbocycles. The summed E-state index contributed by atoms with van der Waals surface area (Å²) in [6.07, 6.45) is 3.26. The molecule has 1 aromatic rings. The number of hydrogen-bond acceptors (Lipinski definition) is 3. The Hall–Kier alpha value is -1.39. The predicted octanol–water partition coefficient (Wildman–Crippen LogP) is 1.83. The van der Waals surface area contributed by atoms with Crippen LogP contribution in [0.25, 0.3) is 0 Å². The highest BCUT2D eigenvalue weighted by Crippen LogP contribution is 2.33. The van der Waals surface area contributed by atoms with Crippen molar-refractivity contribution in [1.29, 1.82) is 0 Å². The zero-order valence-corrected chi connectivity index (χ0v) is 13.2. The summed E-state index contributed by atoms with van der Waals surface area (Å²) in [5, 5.41) is 9.17. The third-order valence-corrected chi connectivity index (χ3v) is 4.60. The van der Waals surface area contributed by atoms with Gasteiger partial charge in [0.2, 0.25) is 5.91 Å². The molecule has 0 saturated heterocycles. The standard InChI is InChI=1S/C17H26N2O2/c1-13(12-20)18(2)11-17(21)19(3)16-10-6-8-14-7-4-5-9-15(14)16/h4-5,7,9,13,16,20H,6,8,10-12H2,1-3H3. The maximum absolute atomic E-state index is 12.5. The molecule has 2 unspecified atom stereocenters. The van der Waals surface area contributed by atoms with E-state index in [1.807, 2.05) is 30.8 Å². The third kappa shape index (κ3) is 3.63. The number of amides is 1. The molecular formula is C17H26N2O2. The molecule has 0 bridgehead atoms. The van der Waals surface area contributed by atoms with Crippen LogP contribution in [-0.4, -0.2) is 54.1 Å². The van der Waals surface area contributed by atoms with Crippen LogP contribution in [0.3, 0.4) is 0 Å². The van der Waals surface area contributed by atoms with Gasteiger partial charge >= 0.3 is 0 Å². The van der Waals surface area contributed by atoms with E-state index in [2.05, 4.69) is 24.3 Å². The molecule has 116 valence electrons. The molecule has 2 atom stereocenters. The maximum atomic E-state index is 12.5. The fourth-order valence-electron chi connectivity index (χ4n) is 2.92. The summed E-state index contributed by atoms with van der Waals surface area (Å²) in [5.74, 6) is 0.111. The van der Waals surface area contributed by atoms with Gasteiger partial charge in [-0.15, -0.1) is 0 Å². The molecule has 0 fully saturated rings. The molecule has 1 amide bonds. The highest BCUT2D eigenvalue weighted by molar-refractivity contribution is 5.78. The van der Waals surface area contributed by atoms with Gasteiger partial charge in [0.25, 0.3) is 0 Å². The number of aryl methyl sites for hydroxylation is 1. The van der Waals surface area contributed by atoms with Crippen molar-refractivity contribution in [2.45, 2.75) is 38.3 Å². The smallest absolute Gasteiger partial charge is 0.237 e. The maximum Gasteiger partial charge on any atom is 0.237 e. The monoisotopic (exact) mass is 290 g/mol. The Labute approximate surface area is 127 Å². The quantitative estimate of drug-likeness (QED) is 0.900. The largest absolute Gasteiger partial charge is 0.395 e. The Morgan fingerprint density at radius 3 is 2.81 bits per heavy atom. The average Bonchev–Trinajstić information content (AvgIpc) is 2.52. The average molecular weight is 290 g/mol. The lowest BCUT2D eigenvalue weighted by atomic mass is 9.87. The summed E-state index contributed by atoms with van der Waals surface area (Å²) in [6.45, 7) is 2.33. The summed E-state index contributed by atoms with van der Waals surface area (Å²) in [7, 11) is 3.77. The van der Waals surface area contributed by atoms with Gasteiger partial charge in [0.15, 0.2) is 0 Å². The van der Waals surface area contributed by atoms with Crippen LogP contribution in [0.5, 0.6) is 0 Å². The second kappa shape index (κ2) is 7.05. The third-order valence-electron chi connectivity index (χ3n) is 4.60. The molecular weight excluding hydrogens is 264 g/mol. The van der Waals surface area contributed by atoms with Gasteiger partial charge in [-0.25, -0.2) is 0 Å². The van der Waals surface area contributed by atoms with Crippen LogP contribution in [0.15, 0.2) is 24.3 Å².